The molecule has 9 heteroatoms. The molecule has 1 unspecified atom stereocenters. The van der Waals surface area contributed by atoms with Crippen molar-refractivity contribution in [2.75, 3.05) is 47.5 Å². The van der Waals surface area contributed by atoms with E-state index in [-0.39, 0.29) is 31.8 Å². The molecule has 0 saturated carbocycles. The van der Waals surface area contributed by atoms with Gasteiger partial charge in [0.1, 0.15) is 19.8 Å². The van der Waals surface area contributed by atoms with Gasteiger partial charge in [-0.25, -0.2) is 0 Å². The highest BCUT2D eigenvalue weighted by Crippen LogP contribution is 2.24. The molecule has 0 fully saturated rings. The summed E-state index contributed by atoms with van der Waals surface area (Å²) in [5.41, 5.74) is 0. The number of hydrogen-bond acceptors (Lipinski definition) is 7. The van der Waals surface area contributed by atoms with Gasteiger partial charge in [-0.05, 0) is 12.8 Å². The van der Waals surface area contributed by atoms with Crippen molar-refractivity contribution in [3.63, 3.8) is 0 Å². The lowest BCUT2D eigenvalue weighted by molar-refractivity contribution is -0.870. The Labute approximate surface area is 176 Å². The summed E-state index contributed by atoms with van der Waals surface area (Å²) >= 11 is 0. The van der Waals surface area contributed by atoms with Gasteiger partial charge >= 0.3 is 20.2 Å². The second-order valence-electron chi connectivity index (χ2n) is 8.08. The molecular weight excluding hydrogens is 397 g/mol. The Morgan fingerprint density at radius 1 is 0.862 bits per heavy atom. The van der Waals surface area contributed by atoms with Gasteiger partial charge in [-0.3, -0.25) is 9.59 Å². The summed E-state index contributed by atoms with van der Waals surface area (Å²) in [6, 6.07) is 0. The first kappa shape index (κ1) is 27.9. The molecule has 0 aliphatic heterocycles. The van der Waals surface area contributed by atoms with Gasteiger partial charge in [0.15, 0.2) is 12.7 Å². The van der Waals surface area contributed by atoms with Crippen LogP contribution >= 0.6 is 8.25 Å². The molecule has 0 heterocycles. The number of esters is 2. The molecule has 0 radical (unpaired) electrons. The summed E-state index contributed by atoms with van der Waals surface area (Å²) in [6.07, 6.45) is 5.23. The molecule has 0 aromatic rings. The number of ether oxygens (including phenoxy) is 2. The second kappa shape index (κ2) is 16.7. The number of carbonyl (C=O) groups is 2. The molecule has 0 aliphatic rings. The van der Waals surface area contributed by atoms with Crippen LogP contribution in [0.15, 0.2) is 0 Å². The van der Waals surface area contributed by atoms with Gasteiger partial charge in [0, 0.05) is 17.4 Å². The molecular formula is C20H40NO7P+2. The van der Waals surface area contributed by atoms with Crippen molar-refractivity contribution < 1.29 is 37.2 Å². The summed E-state index contributed by atoms with van der Waals surface area (Å²) in [5.74, 6) is -0.718. The average molecular weight is 438 g/mol. The summed E-state index contributed by atoms with van der Waals surface area (Å²) in [5, 5.41) is 0. The van der Waals surface area contributed by atoms with Crippen LogP contribution in [-0.4, -0.2) is 70.0 Å². The zero-order chi connectivity index (χ0) is 22.1. The topological polar surface area (TPSA) is 88.1 Å². The summed E-state index contributed by atoms with van der Waals surface area (Å²) in [7, 11) is 3.67. The normalized spacial score (nSPS) is 13.1. The maximum absolute atomic E-state index is 12.0. The maximum atomic E-state index is 12.0. The molecule has 0 aliphatic carbocycles. The van der Waals surface area contributed by atoms with Crippen molar-refractivity contribution in [1.82, 2.24) is 0 Å². The fraction of sp³-hybridized carbons (Fsp3) is 0.900. The van der Waals surface area contributed by atoms with Gasteiger partial charge in [0.25, 0.3) is 0 Å². The number of rotatable bonds is 18. The average Bonchev–Trinajstić information content (AvgIpc) is 2.63. The Bertz CT molecular complexity index is 480. The molecule has 29 heavy (non-hydrogen) atoms. The maximum Gasteiger partial charge on any atom is 0.697 e. The second-order valence-corrected chi connectivity index (χ2v) is 9.04. The lowest BCUT2D eigenvalue weighted by Crippen LogP contribution is -2.37. The van der Waals surface area contributed by atoms with E-state index in [0.717, 1.165) is 38.5 Å². The molecule has 0 rings (SSSR count). The lowest BCUT2D eigenvalue weighted by Gasteiger charge is -2.21. The van der Waals surface area contributed by atoms with E-state index >= 15 is 0 Å². The third-order valence-corrected chi connectivity index (χ3v) is 4.78. The van der Waals surface area contributed by atoms with Gasteiger partial charge in [-0.15, -0.1) is 9.05 Å². The summed E-state index contributed by atoms with van der Waals surface area (Å²) in [4.78, 5) is 23.8. The van der Waals surface area contributed by atoms with Crippen molar-refractivity contribution in [2.24, 2.45) is 0 Å². The molecule has 0 N–H and O–H groups in total. The first-order valence-electron chi connectivity index (χ1n) is 10.6. The number of unbranched alkanes of at least 4 members (excludes halogenated alkanes) is 4. The van der Waals surface area contributed by atoms with Gasteiger partial charge < -0.3 is 14.0 Å². The van der Waals surface area contributed by atoms with Crippen molar-refractivity contribution in [2.45, 2.75) is 71.3 Å². The monoisotopic (exact) mass is 437 g/mol. The summed E-state index contributed by atoms with van der Waals surface area (Å²) < 4.78 is 33.5. The Morgan fingerprint density at radius 3 is 2.00 bits per heavy atom. The van der Waals surface area contributed by atoms with Crippen LogP contribution in [0, 0.1) is 0 Å². The first-order chi connectivity index (χ1) is 13.7. The predicted molar refractivity (Wildman–Crippen MR) is 112 cm³/mol. The first-order valence-corrected chi connectivity index (χ1v) is 11.7. The molecule has 2 atom stereocenters. The van der Waals surface area contributed by atoms with Crippen LogP contribution in [0.4, 0.5) is 0 Å². The smallest absolute Gasteiger partial charge is 0.462 e. The van der Waals surface area contributed by atoms with Gasteiger partial charge in [-0.1, -0.05) is 39.5 Å². The molecule has 0 spiro atoms. The highest BCUT2D eigenvalue weighted by Gasteiger charge is 2.27. The molecule has 0 aromatic carbocycles. The Balaban J connectivity index is 4.44. The molecule has 0 bridgehead atoms. The third kappa shape index (κ3) is 18.7. The van der Waals surface area contributed by atoms with E-state index in [4.69, 9.17) is 18.5 Å². The van der Waals surface area contributed by atoms with Crippen LogP contribution in [0.2, 0.25) is 0 Å². The van der Waals surface area contributed by atoms with Crippen molar-refractivity contribution in [1.29, 1.82) is 0 Å². The van der Waals surface area contributed by atoms with Crippen LogP contribution in [-0.2, 0) is 32.7 Å². The zero-order valence-corrected chi connectivity index (χ0v) is 19.7. The van der Waals surface area contributed by atoms with E-state index in [1.807, 2.05) is 21.1 Å². The summed E-state index contributed by atoms with van der Waals surface area (Å²) in [6.45, 7) is 4.80. The number of nitrogens with zero attached hydrogens (tertiary/aromatic N) is 1. The highest BCUT2D eigenvalue weighted by atomic mass is 31.1. The van der Waals surface area contributed by atoms with Gasteiger partial charge in [0.05, 0.1) is 21.1 Å². The van der Waals surface area contributed by atoms with E-state index in [2.05, 4.69) is 13.8 Å². The van der Waals surface area contributed by atoms with E-state index in [0.29, 0.717) is 23.9 Å². The molecule has 0 saturated heterocycles. The van der Waals surface area contributed by atoms with Crippen LogP contribution in [0.3, 0.4) is 0 Å². The minimum atomic E-state index is -2.33. The molecule has 170 valence electrons. The predicted octanol–water partition coefficient (Wildman–Crippen LogP) is 4.00. The number of quaternary nitrogens is 1. The number of likely N-dealkylation sites (N-methyl/N-ethyl adjacent to an activating group) is 1. The number of hydrogen-bond donors (Lipinski definition) is 0. The van der Waals surface area contributed by atoms with E-state index in [1.54, 1.807) is 0 Å². The fourth-order valence-electron chi connectivity index (χ4n) is 2.23. The van der Waals surface area contributed by atoms with E-state index in [9.17, 15) is 14.2 Å². The van der Waals surface area contributed by atoms with Crippen molar-refractivity contribution >= 4 is 20.2 Å². The highest BCUT2D eigenvalue weighted by molar-refractivity contribution is 7.33. The van der Waals surface area contributed by atoms with Crippen LogP contribution in [0.25, 0.3) is 0 Å². The van der Waals surface area contributed by atoms with E-state index < -0.39 is 14.4 Å². The zero-order valence-electron chi connectivity index (χ0n) is 18.8. The standard InChI is InChI=1S/C20H40NO7P/c1-6-8-10-12-19(22)25-16-18(28-20(23)13-11-9-7-2)17-27-29(24)26-15-14-21(3,4)5/h18H,6-17H2,1-5H3/q+2/t18-/m1/s1. The van der Waals surface area contributed by atoms with E-state index in [1.165, 1.54) is 0 Å². The fourth-order valence-corrected chi connectivity index (χ4v) is 2.82. The molecule has 8 nitrogen and oxygen atoms in total. The quantitative estimate of drug-likeness (QED) is 0.139. The Kier molecular flexibility index (Phi) is 16.1. The lowest BCUT2D eigenvalue weighted by atomic mass is 10.2. The third-order valence-electron chi connectivity index (χ3n) is 4.02. The van der Waals surface area contributed by atoms with Crippen molar-refractivity contribution in [3.8, 4) is 0 Å². The minimum absolute atomic E-state index is 0.119. The van der Waals surface area contributed by atoms with Crippen molar-refractivity contribution in [3.05, 3.63) is 0 Å². The van der Waals surface area contributed by atoms with Crippen LogP contribution in [0.5, 0.6) is 0 Å². The minimum Gasteiger partial charge on any atom is -0.462 e. The Morgan fingerprint density at radius 2 is 1.45 bits per heavy atom. The van der Waals surface area contributed by atoms with Crippen LogP contribution < -0.4 is 0 Å². The molecule has 0 aromatic heterocycles. The molecule has 0 amide bonds. The SMILES string of the molecule is CCCCCC(=O)OC[C@H](CO[P+](=O)OCC[N+](C)(C)C)OC(=O)CCCCC. The van der Waals surface area contributed by atoms with Gasteiger partial charge in [-0.2, -0.15) is 0 Å². The van der Waals surface area contributed by atoms with Gasteiger partial charge in [0.2, 0.25) is 0 Å². The van der Waals surface area contributed by atoms with Crippen LogP contribution in [0.1, 0.15) is 65.2 Å². The number of carbonyl (C=O) groups excluding carboxylic acids is 2. The largest absolute Gasteiger partial charge is 0.697 e. The Hall–Kier alpha value is -1.08.